The molecule has 1 N–H and O–H groups in total. The van der Waals surface area contributed by atoms with Crippen molar-refractivity contribution in [3.05, 3.63) is 54.0 Å². The van der Waals surface area contributed by atoms with Crippen LogP contribution in [0.15, 0.2) is 42.9 Å². The zero-order chi connectivity index (χ0) is 15.2. The molecule has 2 aromatic rings. The van der Waals surface area contributed by atoms with E-state index in [1.165, 1.54) is 13.1 Å². The Morgan fingerprint density at radius 2 is 2.05 bits per heavy atom. The third kappa shape index (κ3) is 4.10. The standard InChI is InChI=1S/C15H15N3O3/c1-10-5-6-13(17-8-10)18-14(19)11(2)21-15(20)12-4-3-7-16-9-12/h3-9,11H,1-2H3,(H,17,18,19). The van der Waals surface area contributed by atoms with Crippen LogP contribution in [0, 0.1) is 6.92 Å². The zero-order valence-electron chi connectivity index (χ0n) is 11.7. The summed E-state index contributed by atoms with van der Waals surface area (Å²) in [6.07, 6.45) is 3.65. The van der Waals surface area contributed by atoms with Gasteiger partial charge in [0.05, 0.1) is 5.56 Å². The quantitative estimate of drug-likeness (QED) is 0.868. The number of hydrogen-bond acceptors (Lipinski definition) is 5. The smallest absolute Gasteiger partial charge is 0.340 e. The number of carbonyl (C=O) groups is 2. The maximum absolute atomic E-state index is 11.9. The second-order valence-electron chi connectivity index (χ2n) is 4.50. The molecular weight excluding hydrogens is 270 g/mol. The number of nitrogens with one attached hydrogen (secondary N) is 1. The maximum atomic E-state index is 11.9. The van der Waals surface area contributed by atoms with Crippen LogP contribution < -0.4 is 5.32 Å². The van der Waals surface area contributed by atoms with Gasteiger partial charge in [-0.05, 0) is 37.6 Å². The van der Waals surface area contributed by atoms with Crippen molar-refractivity contribution >= 4 is 17.7 Å². The Bertz CT molecular complexity index is 626. The lowest BCUT2D eigenvalue weighted by molar-refractivity contribution is -0.123. The minimum Gasteiger partial charge on any atom is -0.449 e. The summed E-state index contributed by atoms with van der Waals surface area (Å²) in [4.78, 5) is 31.6. The number of aryl methyl sites for hydroxylation is 1. The third-order valence-electron chi connectivity index (χ3n) is 2.71. The molecule has 0 fully saturated rings. The van der Waals surface area contributed by atoms with Crippen molar-refractivity contribution in [1.82, 2.24) is 9.97 Å². The molecule has 2 heterocycles. The molecule has 0 bridgehead atoms. The van der Waals surface area contributed by atoms with Crippen LogP contribution >= 0.6 is 0 Å². The number of nitrogens with zero attached hydrogens (tertiary/aromatic N) is 2. The van der Waals surface area contributed by atoms with Crippen molar-refractivity contribution in [3.8, 4) is 0 Å². The molecule has 1 unspecified atom stereocenters. The van der Waals surface area contributed by atoms with E-state index in [0.29, 0.717) is 11.4 Å². The lowest BCUT2D eigenvalue weighted by atomic mass is 10.3. The van der Waals surface area contributed by atoms with E-state index in [-0.39, 0.29) is 0 Å². The van der Waals surface area contributed by atoms with Gasteiger partial charge in [-0.3, -0.25) is 9.78 Å². The van der Waals surface area contributed by atoms with Crippen LogP contribution in [-0.4, -0.2) is 27.9 Å². The van der Waals surface area contributed by atoms with E-state index in [1.54, 1.807) is 30.6 Å². The maximum Gasteiger partial charge on any atom is 0.340 e. The number of esters is 1. The molecule has 0 aromatic carbocycles. The van der Waals surface area contributed by atoms with Crippen molar-refractivity contribution in [2.75, 3.05) is 5.32 Å². The molecule has 1 atom stereocenters. The summed E-state index contributed by atoms with van der Waals surface area (Å²) >= 11 is 0. The van der Waals surface area contributed by atoms with Gasteiger partial charge < -0.3 is 10.1 Å². The number of hydrogen-bond donors (Lipinski definition) is 1. The normalized spacial score (nSPS) is 11.5. The Balaban J connectivity index is 1.93. The zero-order valence-corrected chi connectivity index (χ0v) is 11.7. The van der Waals surface area contributed by atoms with Crippen LogP contribution in [0.25, 0.3) is 0 Å². The Morgan fingerprint density at radius 3 is 2.67 bits per heavy atom. The van der Waals surface area contributed by atoms with Gasteiger partial charge >= 0.3 is 5.97 Å². The summed E-state index contributed by atoms with van der Waals surface area (Å²) in [6.45, 7) is 3.40. The number of amides is 1. The van der Waals surface area contributed by atoms with Gasteiger partial charge in [-0.1, -0.05) is 6.07 Å². The van der Waals surface area contributed by atoms with Crippen molar-refractivity contribution in [2.24, 2.45) is 0 Å². The van der Waals surface area contributed by atoms with E-state index in [0.717, 1.165) is 5.56 Å². The van der Waals surface area contributed by atoms with Crippen LogP contribution in [0.5, 0.6) is 0 Å². The van der Waals surface area contributed by atoms with Crippen LogP contribution in [0.2, 0.25) is 0 Å². The molecular formula is C15H15N3O3. The first-order chi connectivity index (χ1) is 10.1. The number of anilines is 1. The minimum absolute atomic E-state index is 0.297. The number of pyridine rings is 2. The first kappa shape index (κ1) is 14.6. The fourth-order valence-electron chi connectivity index (χ4n) is 1.54. The monoisotopic (exact) mass is 285 g/mol. The Morgan fingerprint density at radius 1 is 1.24 bits per heavy atom. The van der Waals surface area contributed by atoms with Gasteiger partial charge in [0, 0.05) is 18.6 Å². The minimum atomic E-state index is -0.930. The van der Waals surface area contributed by atoms with Crippen LogP contribution in [-0.2, 0) is 9.53 Å². The lowest BCUT2D eigenvalue weighted by Crippen LogP contribution is -2.30. The first-order valence-corrected chi connectivity index (χ1v) is 6.41. The van der Waals surface area contributed by atoms with Gasteiger partial charge in [-0.15, -0.1) is 0 Å². The summed E-state index contributed by atoms with van der Waals surface area (Å²) in [6, 6.07) is 6.71. The second kappa shape index (κ2) is 6.60. The van der Waals surface area contributed by atoms with E-state index < -0.39 is 18.0 Å². The topological polar surface area (TPSA) is 81.2 Å². The van der Waals surface area contributed by atoms with Crippen LogP contribution in [0.1, 0.15) is 22.8 Å². The van der Waals surface area contributed by atoms with Gasteiger partial charge in [-0.2, -0.15) is 0 Å². The molecule has 0 aliphatic heterocycles. The van der Waals surface area contributed by atoms with Gasteiger partial charge in [0.2, 0.25) is 0 Å². The molecule has 6 heteroatoms. The first-order valence-electron chi connectivity index (χ1n) is 6.41. The van der Waals surface area contributed by atoms with Gasteiger partial charge in [0.1, 0.15) is 5.82 Å². The predicted octanol–water partition coefficient (Wildman–Crippen LogP) is 1.97. The fourth-order valence-corrected chi connectivity index (χ4v) is 1.54. The van der Waals surface area contributed by atoms with Gasteiger partial charge in [-0.25, -0.2) is 9.78 Å². The summed E-state index contributed by atoms with van der Waals surface area (Å²) in [7, 11) is 0. The highest BCUT2D eigenvalue weighted by Crippen LogP contribution is 2.07. The largest absolute Gasteiger partial charge is 0.449 e. The lowest BCUT2D eigenvalue weighted by Gasteiger charge is -2.13. The summed E-state index contributed by atoms with van der Waals surface area (Å²) in [5.74, 6) is -0.624. The number of rotatable bonds is 4. The average molecular weight is 285 g/mol. The number of carbonyl (C=O) groups excluding carboxylic acids is 2. The fraction of sp³-hybridized carbons (Fsp3) is 0.200. The van der Waals surface area contributed by atoms with Crippen molar-refractivity contribution < 1.29 is 14.3 Å². The highest BCUT2D eigenvalue weighted by Gasteiger charge is 2.19. The van der Waals surface area contributed by atoms with E-state index in [4.69, 9.17) is 4.74 Å². The summed E-state index contributed by atoms with van der Waals surface area (Å²) in [5, 5.41) is 2.58. The molecule has 0 spiro atoms. The third-order valence-corrected chi connectivity index (χ3v) is 2.71. The highest BCUT2D eigenvalue weighted by molar-refractivity contribution is 5.96. The summed E-state index contributed by atoms with van der Waals surface area (Å²) < 4.78 is 5.08. The SMILES string of the molecule is Cc1ccc(NC(=O)C(C)OC(=O)c2cccnc2)nc1. The summed E-state index contributed by atoms with van der Waals surface area (Å²) in [5.41, 5.74) is 1.29. The molecule has 108 valence electrons. The Labute approximate surface area is 122 Å². The number of ether oxygens (including phenoxy) is 1. The molecule has 2 aromatic heterocycles. The highest BCUT2D eigenvalue weighted by atomic mass is 16.5. The van der Waals surface area contributed by atoms with Crippen molar-refractivity contribution in [2.45, 2.75) is 20.0 Å². The van der Waals surface area contributed by atoms with Crippen molar-refractivity contribution in [3.63, 3.8) is 0 Å². The van der Waals surface area contributed by atoms with E-state index in [1.807, 2.05) is 13.0 Å². The second-order valence-corrected chi connectivity index (χ2v) is 4.50. The van der Waals surface area contributed by atoms with Crippen LogP contribution in [0.3, 0.4) is 0 Å². The molecule has 0 aliphatic carbocycles. The molecule has 1 amide bonds. The van der Waals surface area contributed by atoms with Gasteiger partial charge in [0.15, 0.2) is 6.10 Å². The van der Waals surface area contributed by atoms with Crippen LogP contribution in [0.4, 0.5) is 5.82 Å². The molecule has 0 saturated heterocycles. The van der Waals surface area contributed by atoms with Gasteiger partial charge in [0.25, 0.3) is 5.91 Å². The molecule has 2 rings (SSSR count). The van der Waals surface area contributed by atoms with E-state index in [9.17, 15) is 9.59 Å². The molecule has 6 nitrogen and oxygen atoms in total. The molecule has 0 radical (unpaired) electrons. The van der Waals surface area contributed by atoms with E-state index in [2.05, 4.69) is 15.3 Å². The Hall–Kier alpha value is -2.76. The van der Waals surface area contributed by atoms with E-state index >= 15 is 0 Å². The number of aromatic nitrogens is 2. The average Bonchev–Trinajstić information content (AvgIpc) is 2.50. The van der Waals surface area contributed by atoms with Crippen molar-refractivity contribution in [1.29, 1.82) is 0 Å². The molecule has 21 heavy (non-hydrogen) atoms. The molecule has 0 aliphatic rings. The molecule has 0 saturated carbocycles. The predicted molar refractivity (Wildman–Crippen MR) is 76.7 cm³/mol. The Kier molecular flexibility index (Phi) is 4.61.